The van der Waals surface area contributed by atoms with Crippen LogP contribution in [0.15, 0.2) is 5.10 Å². The highest BCUT2D eigenvalue weighted by Gasteiger charge is 2.49. The van der Waals surface area contributed by atoms with Gasteiger partial charge in [-0.1, -0.05) is 0 Å². The van der Waals surface area contributed by atoms with Gasteiger partial charge in [0, 0.05) is 6.21 Å². The summed E-state index contributed by atoms with van der Waals surface area (Å²) in [6, 6.07) is 0. The zero-order chi connectivity index (χ0) is 14.3. The maximum atomic E-state index is 12.1. The van der Waals surface area contributed by atoms with Crippen molar-refractivity contribution in [1.82, 2.24) is 5.01 Å². The molecule has 0 aromatic heterocycles. The van der Waals surface area contributed by atoms with Crippen molar-refractivity contribution in [3.63, 3.8) is 0 Å². The molecule has 0 aromatic rings. The Hall–Kier alpha value is -1.44. The molecule has 8 heteroatoms. The van der Waals surface area contributed by atoms with Crippen LogP contribution in [0.1, 0.15) is 20.3 Å². The molecule has 7 nitrogen and oxygen atoms in total. The lowest BCUT2D eigenvalue weighted by Crippen LogP contribution is -2.48. The first-order valence-electron chi connectivity index (χ1n) is 6.04. The van der Waals surface area contributed by atoms with Crippen LogP contribution in [0.25, 0.3) is 0 Å². The second-order valence-electron chi connectivity index (χ2n) is 4.98. The number of carbonyl (C=O) groups is 2. The van der Waals surface area contributed by atoms with E-state index < -0.39 is 33.2 Å². The van der Waals surface area contributed by atoms with Crippen LogP contribution >= 0.6 is 0 Å². The van der Waals surface area contributed by atoms with Gasteiger partial charge in [0.2, 0.25) is 0 Å². The number of sulfone groups is 1. The highest BCUT2D eigenvalue weighted by atomic mass is 32.2. The van der Waals surface area contributed by atoms with E-state index in [1.807, 2.05) is 0 Å². The first-order valence-corrected chi connectivity index (χ1v) is 7.86. The van der Waals surface area contributed by atoms with Crippen LogP contribution in [-0.2, 0) is 24.2 Å². The van der Waals surface area contributed by atoms with Gasteiger partial charge in [-0.15, -0.1) is 0 Å². The Kier molecular flexibility index (Phi) is 3.38. The maximum absolute atomic E-state index is 12.1. The molecule has 0 radical (unpaired) electrons. The number of hydrogen-bond acceptors (Lipinski definition) is 6. The zero-order valence-electron chi connectivity index (χ0n) is 10.8. The Morgan fingerprint density at radius 3 is 2.84 bits per heavy atom. The van der Waals surface area contributed by atoms with Crippen LogP contribution in [0.5, 0.6) is 0 Å². The van der Waals surface area contributed by atoms with Crippen molar-refractivity contribution in [3.05, 3.63) is 0 Å². The van der Waals surface area contributed by atoms with Crippen molar-refractivity contribution in [2.24, 2.45) is 11.0 Å². The summed E-state index contributed by atoms with van der Waals surface area (Å²) in [5.74, 6) is -2.31. The Morgan fingerprint density at radius 1 is 1.63 bits per heavy atom. The van der Waals surface area contributed by atoms with E-state index in [0.29, 0.717) is 6.42 Å². The molecule has 1 saturated heterocycles. The summed E-state index contributed by atoms with van der Waals surface area (Å²) in [5, 5.41) is 5.04. The summed E-state index contributed by atoms with van der Waals surface area (Å²) in [7, 11) is -3.15. The van der Waals surface area contributed by atoms with Crippen molar-refractivity contribution in [2.75, 3.05) is 18.1 Å². The van der Waals surface area contributed by atoms with Crippen molar-refractivity contribution >= 4 is 27.9 Å². The molecule has 0 bridgehead atoms. The van der Waals surface area contributed by atoms with E-state index in [1.54, 1.807) is 13.8 Å². The van der Waals surface area contributed by atoms with E-state index >= 15 is 0 Å². The van der Waals surface area contributed by atoms with E-state index in [1.165, 1.54) is 6.21 Å². The lowest BCUT2D eigenvalue weighted by atomic mass is 10.00. The fraction of sp³-hybridized carbons (Fsp3) is 0.727. The number of rotatable bonds is 3. The molecule has 1 amide bonds. The number of ether oxygens (including phenoxy) is 1. The van der Waals surface area contributed by atoms with Crippen LogP contribution in [0, 0.1) is 5.92 Å². The minimum absolute atomic E-state index is 0.0346. The van der Waals surface area contributed by atoms with Crippen molar-refractivity contribution < 1.29 is 22.7 Å². The third kappa shape index (κ3) is 2.49. The van der Waals surface area contributed by atoms with Crippen molar-refractivity contribution in [3.8, 4) is 0 Å². The van der Waals surface area contributed by atoms with Crippen LogP contribution in [0.4, 0.5) is 0 Å². The Balaban J connectivity index is 2.15. The Bertz CT molecular complexity index is 541. The van der Waals surface area contributed by atoms with Gasteiger partial charge in [-0.25, -0.2) is 13.4 Å². The predicted octanol–water partition coefficient (Wildman–Crippen LogP) is -0.429. The normalized spacial score (nSPS) is 32.8. The van der Waals surface area contributed by atoms with Gasteiger partial charge in [0.15, 0.2) is 15.8 Å². The van der Waals surface area contributed by atoms with Crippen LogP contribution < -0.4 is 0 Å². The van der Waals surface area contributed by atoms with Gasteiger partial charge in [-0.05, 0) is 20.3 Å². The fourth-order valence-corrected chi connectivity index (χ4v) is 4.45. The minimum Gasteiger partial charge on any atom is -0.465 e. The molecule has 2 rings (SSSR count). The molecule has 2 atom stereocenters. The number of esters is 1. The summed E-state index contributed by atoms with van der Waals surface area (Å²) in [6.07, 6.45) is 1.55. The lowest BCUT2D eigenvalue weighted by molar-refractivity contribution is -0.152. The minimum atomic E-state index is -3.15. The molecule has 19 heavy (non-hydrogen) atoms. The molecule has 0 saturated carbocycles. The van der Waals surface area contributed by atoms with Gasteiger partial charge in [-0.3, -0.25) is 9.59 Å². The van der Waals surface area contributed by atoms with E-state index in [-0.39, 0.29) is 18.1 Å². The van der Waals surface area contributed by atoms with Gasteiger partial charge in [-0.2, -0.15) is 5.10 Å². The molecular formula is C11H16N2O5S. The first-order chi connectivity index (χ1) is 8.79. The van der Waals surface area contributed by atoms with Crippen LogP contribution in [0.2, 0.25) is 0 Å². The second kappa shape index (κ2) is 4.59. The number of hydrogen-bond donors (Lipinski definition) is 0. The number of nitrogens with zero attached hydrogens (tertiary/aromatic N) is 2. The highest BCUT2D eigenvalue weighted by Crippen LogP contribution is 2.32. The summed E-state index contributed by atoms with van der Waals surface area (Å²) in [5.41, 5.74) is -0.867. The van der Waals surface area contributed by atoms with E-state index in [4.69, 9.17) is 4.74 Å². The molecule has 106 valence electrons. The molecular weight excluding hydrogens is 272 g/mol. The zero-order valence-corrected chi connectivity index (χ0v) is 11.6. The van der Waals surface area contributed by atoms with Gasteiger partial charge < -0.3 is 4.74 Å². The van der Waals surface area contributed by atoms with E-state index in [0.717, 1.165) is 5.01 Å². The molecule has 2 heterocycles. The molecule has 0 aromatic carbocycles. The number of hydrazone groups is 1. The molecule has 2 aliphatic heterocycles. The highest BCUT2D eigenvalue weighted by molar-refractivity contribution is 7.91. The van der Waals surface area contributed by atoms with Crippen molar-refractivity contribution in [1.29, 1.82) is 0 Å². The van der Waals surface area contributed by atoms with E-state index in [2.05, 4.69) is 5.10 Å². The van der Waals surface area contributed by atoms with Crippen molar-refractivity contribution in [2.45, 2.75) is 25.8 Å². The molecule has 0 N–H and O–H groups in total. The van der Waals surface area contributed by atoms with E-state index in [9.17, 15) is 18.0 Å². The quantitative estimate of drug-likeness (QED) is 0.519. The monoisotopic (exact) mass is 288 g/mol. The number of amides is 1. The Labute approximate surface area is 111 Å². The third-order valence-corrected chi connectivity index (χ3v) is 5.23. The average molecular weight is 288 g/mol. The first kappa shape index (κ1) is 14.0. The molecule has 0 spiro atoms. The topological polar surface area (TPSA) is 93.1 Å². The largest absolute Gasteiger partial charge is 0.465 e. The average Bonchev–Trinajstić information content (AvgIpc) is 2.81. The SMILES string of the molecule is CCOC(=O)C1C=NN(C2(C)CCS(=O)(=O)C2)C1=O. The number of carbonyl (C=O) groups excluding carboxylic acids is 2. The molecule has 2 aliphatic rings. The summed E-state index contributed by atoms with van der Waals surface area (Å²) in [6.45, 7) is 3.50. The lowest BCUT2D eigenvalue weighted by Gasteiger charge is -2.30. The van der Waals surface area contributed by atoms with Gasteiger partial charge in [0.25, 0.3) is 5.91 Å². The third-order valence-electron chi connectivity index (χ3n) is 3.34. The van der Waals surface area contributed by atoms with Crippen LogP contribution in [-0.4, -0.2) is 55.2 Å². The van der Waals surface area contributed by atoms with Gasteiger partial charge in [0.1, 0.15) is 0 Å². The standard InChI is InChI=1S/C11H16N2O5S/c1-3-18-10(15)8-6-12-13(9(8)14)11(2)4-5-19(16,17)7-11/h6,8H,3-5,7H2,1-2H3. The maximum Gasteiger partial charge on any atom is 0.324 e. The molecule has 0 aliphatic carbocycles. The summed E-state index contributed by atoms with van der Waals surface area (Å²) >= 11 is 0. The summed E-state index contributed by atoms with van der Waals surface area (Å²) < 4.78 is 27.9. The smallest absolute Gasteiger partial charge is 0.324 e. The molecule has 1 fully saturated rings. The van der Waals surface area contributed by atoms with Gasteiger partial charge in [0.05, 0.1) is 23.7 Å². The van der Waals surface area contributed by atoms with Gasteiger partial charge >= 0.3 is 5.97 Å². The second-order valence-corrected chi connectivity index (χ2v) is 7.17. The molecule has 2 unspecified atom stereocenters. The fourth-order valence-electron chi connectivity index (χ4n) is 2.35. The van der Waals surface area contributed by atoms with Crippen LogP contribution in [0.3, 0.4) is 0 Å². The predicted molar refractivity (Wildman–Crippen MR) is 67.1 cm³/mol. The Morgan fingerprint density at radius 2 is 2.32 bits per heavy atom. The summed E-state index contributed by atoms with van der Waals surface area (Å²) in [4.78, 5) is 23.7.